The van der Waals surface area contributed by atoms with E-state index in [1.807, 2.05) is 0 Å². The predicted molar refractivity (Wildman–Crippen MR) is 59.3 cm³/mol. The molecular weight excluding hydrogens is 224 g/mol. The zero-order valence-electron chi connectivity index (χ0n) is 9.51. The smallest absolute Gasteiger partial charge is 0.337 e. The lowest BCUT2D eigenvalue weighted by Crippen LogP contribution is -2.15. The fourth-order valence-corrected chi connectivity index (χ4v) is 1.65. The first-order chi connectivity index (χ1) is 8.20. The summed E-state index contributed by atoms with van der Waals surface area (Å²) < 4.78 is 15.3. The van der Waals surface area contributed by atoms with Crippen LogP contribution in [0.25, 0.3) is 0 Å². The minimum absolute atomic E-state index is 0.0372. The van der Waals surface area contributed by atoms with E-state index < -0.39 is 5.97 Å². The molecule has 17 heavy (non-hydrogen) atoms. The zero-order valence-corrected chi connectivity index (χ0v) is 9.51. The third-order valence-corrected chi connectivity index (χ3v) is 2.56. The van der Waals surface area contributed by atoms with Gasteiger partial charge in [-0.15, -0.1) is 0 Å². The number of carbonyl (C=O) groups excluding carboxylic acids is 1. The van der Waals surface area contributed by atoms with Crippen molar-refractivity contribution >= 4 is 5.97 Å². The Morgan fingerprint density at radius 2 is 2.35 bits per heavy atom. The van der Waals surface area contributed by atoms with E-state index in [1.54, 1.807) is 12.1 Å². The number of phenols is 1. The molecule has 0 amide bonds. The maximum Gasteiger partial charge on any atom is 0.337 e. The number of carbonyl (C=O) groups is 1. The highest BCUT2D eigenvalue weighted by atomic mass is 16.5. The summed E-state index contributed by atoms with van der Waals surface area (Å²) >= 11 is 0. The predicted octanol–water partition coefficient (Wildman–Crippen LogP) is 1.35. The van der Waals surface area contributed by atoms with Crippen molar-refractivity contribution in [3.8, 4) is 11.5 Å². The number of aromatic hydroxyl groups is 1. The highest BCUT2D eigenvalue weighted by Crippen LogP contribution is 2.29. The van der Waals surface area contributed by atoms with Crippen LogP contribution in [0.2, 0.25) is 0 Å². The van der Waals surface area contributed by atoms with Gasteiger partial charge in [-0.2, -0.15) is 0 Å². The van der Waals surface area contributed by atoms with Gasteiger partial charge in [-0.1, -0.05) is 0 Å². The SMILES string of the molecule is COC(=O)c1ccc(O[C@@H]2CCOC2)c(O)c1. The summed E-state index contributed by atoms with van der Waals surface area (Å²) in [6, 6.07) is 4.44. The van der Waals surface area contributed by atoms with Gasteiger partial charge >= 0.3 is 5.97 Å². The fourth-order valence-electron chi connectivity index (χ4n) is 1.65. The molecule has 0 unspecified atom stereocenters. The van der Waals surface area contributed by atoms with Gasteiger partial charge in [-0.25, -0.2) is 4.79 Å². The van der Waals surface area contributed by atoms with Gasteiger partial charge < -0.3 is 19.3 Å². The molecule has 0 aliphatic carbocycles. The third kappa shape index (κ3) is 2.68. The monoisotopic (exact) mass is 238 g/mol. The van der Waals surface area contributed by atoms with E-state index in [1.165, 1.54) is 13.2 Å². The van der Waals surface area contributed by atoms with E-state index >= 15 is 0 Å². The molecule has 1 fully saturated rings. The lowest BCUT2D eigenvalue weighted by molar-refractivity contribution is 0.0600. The first-order valence-corrected chi connectivity index (χ1v) is 5.36. The molecule has 0 bridgehead atoms. The van der Waals surface area contributed by atoms with E-state index in [-0.39, 0.29) is 11.9 Å². The van der Waals surface area contributed by atoms with Crippen LogP contribution >= 0.6 is 0 Å². The normalized spacial score (nSPS) is 19.0. The molecule has 0 radical (unpaired) electrons. The minimum atomic E-state index is -0.490. The number of ether oxygens (including phenoxy) is 3. The molecule has 1 aliphatic heterocycles. The van der Waals surface area contributed by atoms with Gasteiger partial charge in [-0.3, -0.25) is 0 Å². The number of esters is 1. The van der Waals surface area contributed by atoms with Crippen LogP contribution in [0.5, 0.6) is 11.5 Å². The van der Waals surface area contributed by atoms with E-state index in [2.05, 4.69) is 4.74 Å². The molecule has 2 rings (SSSR count). The van der Waals surface area contributed by atoms with Crippen molar-refractivity contribution in [2.24, 2.45) is 0 Å². The Morgan fingerprint density at radius 1 is 1.53 bits per heavy atom. The fraction of sp³-hybridized carbons (Fsp3) is 0.417. The van der Waals surface area contributed by atoms with Crippen molar-refractivity contribution < 1.29 is 24.1 Å². The Bertz CT molecular complexity index is 409. The van der Waals surface area contributed by atoms with Crippen LogP contribution in [-0.4, -0.2) is 37.5 Å². The number of hydrogen-bond donors (Lipinski definition) is 1. The maximum atomic E-state index is 11.2. The first-order valence-electron chi connectivity index (χ1n) is 5.36. The van der Waals surface area contributed by atoms with Crippen LogP contribution in [0.4, 0.5) is 0 Å². The Kier molecular flexibility index (Phi) is 3.49. The van der Waals surface area contributed by atoms with E-state index in [0.717, 1.165) is 6.42 Å². The van der Waals surface area contributed by atoms with Gasteiger partial charge in [0.25, 0.3) is 0 Å². The van der Waals surface area contributed by atoms with Gasteiger partial charge in [0.05, 0.1) is 25.9 Å². The number of benzene rings is 1. The van der Waals surface area contributed by atoms with Crippen LogP contribution in [0.15, 0.2) is 18.2 Å². The van der Waals surface area contributed by atoms with Crippen molar-refractivity contribution in [3.05, 3.63) is 23.8 Å². The minimum Gasteiger partial charge on any atom is -0.504 e. The summed E-state index contributed by atoms with van der Waals surface area (Å²) in [5.41, 5.74) is 0.292. The van der Waals surface area contributed by atoms with Crippen LogP contribution in [0.3, 0.4) is 0 Å². The van der Waals surface area contributed by atoms with Gasteiger partial charge in [-0.05, 0) is 18.2 Å². The topological polar surface area (TPSA) is 65.0 Å². The van der Waals surface area contributed by atoms with Crippen LogP contribution in [0.1, 0.15) is 16.8 Å². The number of rotatable bonds is 3. The second-order valence-electron chi connectivity index (χ2n) is 3.78. The molecular formula is C12H14O5. The van der Waals surface area contributed by atoms with Crippen molar-refractivity contribution in [2.45, 2.75) is 12.5 Å². The van der Waals surface area contributed by atoms with Crippen LogP contribution in [0, 0.1) is 0 Å². The Labute approximate surface area is 98.9 Å². The van der Waals surface area contributed by atoms with Crippen LogP contribution < -0.4 is 4.74 Å². The molecule has 92 valence electrons. The van der Waals surface area contributed by atoms with Crippen molar-refractivity contribution in [1.29, 1.82) is 0 Å². The summed E-state index contributed by atoms with van der Waals surface area (Å²) in [7, 11) is 1.29. The molecule has 1 saturated heterocycles. The zero-order chi connectivity index (χ0) is 12.3. The van der Waals surface area contributed by atoms with Crippen molar-refractivity contribution in [3.63, 3.8) is 0 Å². The Hall–Kier alpha value is -1.75. The standard InChI is InChI=1S/C12H14O5/c1-15-12(14)8-2-3-11(10(13)6-8)17-9-4-5-16-7-9/h2-3,6,9,13H,4-5,7H2,1H3/t9-/m1/s1. The largest absolute Gasteiger partial charge is 0.504 e. The van der Waals surface area contributed by atoms with E-state index in [0.29, 0.717) is 24.5 Å². The molecule has 1 aromatic carbocycles. The molecule has 0 saturated carbocycles. The van der Waals surface area contributed by atoms with E-state index in [4.69, 9.17) is 9.47 Å². The summed E-state index contributed by atoms with van der Waals surface area (Å²) in [5, 5.41) is 9.72. The first kappa shape index (κ1) is 11.7. The summed E-state index contributed by atoms with van der Waals surface area (Å²) in [6.45, 7) is 1.20. The average Bonchev–Trinajstić information content (AvgIpc) is 2.83. The molecule has 5 heteroatoms. The molecule has 0 aromatic heterocycles. The number of hydrogen-bond acceptors (Lipinski definition) is 5. The van der Waals surface area contributed by atoms with Gasteiger partial charge in [0.1, 0.15) is 6.10 Å². The quantitative estimate of drug-likeness (QED) is 0.805. The number of phenolic OH excluding ortho intramolecular Hbond substituents is 1. The molecule has 1 N–H and O–H groups in total. The van der Waals surface area contributed by atoms with Crippen LogP contribution in [-0.2, 0) is 9.47 Å². The third-order valence-electron chi connectivity index (χ3n) is 2.56. The molecule has 1 aromatic rings. The molecule has 0 spiro atoms. The second-order valence-corrected chi connectivity index (χ2v) is 3.78. The average molecular weight is 238 g/mol. The van der Waals surface area contributed by atoms with Gasteiger partial charge in [0.2, 0.25) is 0 Å². The van der Waals surface area contributed by atoms with E-state index in [9.17, 15) is 9.90 Å². The van der Waals surface area contributed by atoms with Crippen molar-refractivity contribution in [2.75, 3.05) is 20.3 Å². The highest BCUT2D eigenvalue weighted by molar-refractivity contribution is 5.90. The van der Waals surface area contributed by atoms with Crippen molar-refractivity contribution in [1.82, 2.24) is 0 Å². The number of methoxy groups -OCH3 is 1. The summed E-state index contributed by atoms with van der Waals surface area (Å²) in [4.78, 5) is 11.2. The highest BCUT2D eigenvalue weighted by Gasteiger charge is 2.19. The summed E-state index contributed by atoms with van der Waals surface area (Å²) in [5.74, 6) is -0.205. The second kappa shape index (κ2) is 5.05. The summed E-state index contributed by atoms with van der Waals surface area (Å²) in [6.07, 6.45) is 0.767. The molecule has 1 atom stereocenters. The lowest BCUT2D eigenvalue weighted by atomic mass is 10.2. The molecule has 1 aliphatic rings. The van der Waals surface area contributed by atoms with Gasteiger partial charge in [0, 0.05) is 6.42 Å². The maximum absolute atomic E-state index is 11.2. The lowest BCUT2D eigenvalue weighted by Gasteiger charge is -2.13. The Morgan fingerprint density at radius 3 is 2.94 bits per heavy atom. The molecule has 1 heterocycles. The Balaban J connectivity index is 2.10. The van der Waals surface area contributed by atoms with Gasteiger partial charge in [0.15, 0.2) is 11.5 Å². The molecule has 5 nitrogen and oxygen atoms in total.